The topological polar surface area (TPSA) is 25.8 Å². The normalized spacial score (nSPS) is 11.2. The molecule has 2 aromatic carbocycles. The first-order chi connectivity index (χ1) is 16.2. The lowest BCUT2D eigenvalue weighted by Gasteiger charge is -2.16. The van der Waals surface area contributed by atoms with Crippen LogP contribution in [0.25, 0.3) is 11.1 Å². The summed E-state index contributed by atoms with van der Waals surface area (Å²) >= 11 is 0. The van der Waals surface area contributed by atoms with E-state index in [1.165, 1.54) is 49.1 Å². The predicted molar refractivity (Wildman–Crippen MR) is 106 cm³/mol. The summed E-state index contributed by atoms with van der Waals surface area (Å²) in [6.45, 7) is 0. The highest BCUT2D eigenvalue weighted by Crippen LogP contribution is 2.39. The third-order valence-corrected chi connectivity index (χ3v) is 5.22. The molecule has 4 rings (SSSR count). The van der Waals surface area contributed by atoms with Crippen LogP contribution in [0, 0.1) is 46.5 Å². The molecular weight excluding hydrogens is 468 g/mol. The second-order valence-corrected chi connectivity index (χ2v) is 7.28. The molecule has 0 bridgehead atoms. The summed E-state index contributed by atoms with van der Waals surface area (Å²) in [5.41, 5.74) is -5.46. The zero-order chi connectivity index (χ0) is 24.6. The van der Waals surface area contributed by atoms with E-state index in [0.717, 1.165) is 0 Å². The monoisotopic (exact) mass is 480 g/mol. The Morgan fingerprint density at radius 1 is 0.412 bits per heavy atom. The Hall–Kier alpha value is -3.82. The van der Waals surface area contributed by atoms with Gasteiger partial charge in [0, 0.05) is 48.8 Å². The highest BCUT2D eigenvalue weighted by Gasteiger charge is 2.34. The molecule has 0 atom stereocenters. The van der Waals surface area contributed by atoms with Crippen molar-refractivity contribution in [1.29, 1.82) is 0 Å². The van der Waals surface area contributed by atoms with Gasteiger partial charge in [-0.05, 0) is 35.4 Å². The van der Waals surface area contributed by atoms with Crippen molar-refractivity contribution in [2.45, 2.75) is 12.8 Å². The third kappa shape index (κ3) is 4.00. The van der Waals surface area contributed by atoms with Crippen molar-refractivity contribution in [3.05, 3.63) is 118 Å². The SMILES string of the molecule is Fc1c(F)c(-c2c(F)c(F)c(Cc3ccncc3)c(F)c2F)c(F)c(F)c1Cc1ccncc1. The van der Waals surface area contributed by atoms with E-state index >= 15 is 0 Å². The predicted octanol–water partition coefficient (Wildman–Crippen LogP) is 6.44. The van der Waals surface area contributed by atoms with E-state index in [1.807, 2.05) is 0 Å². The van der Waals surface area contributed by atoms with Crippen molar-refractivity contribution in [3.63, 3.8) is 0 Å². The number of hydrogen-bond acceptors (Lipinski definition) is 2. The quantitative estimate of drug-likeness (QED) is 0.243. The third-order valence-electron chi connectivity index (χ3n) is 5.22. The maximum absolute atomic E-state index is 14.8. The lowest BCUT2D eigenvalue weighted by Crippen LogP contribution is -2.12. The summed E-state index contributed by atoms with van der Waals surface area (Å²) in [6, 6.07) is 5.31. The average Bonchev–Trinajstić information content (AvgIpc) is 2.85. The summed E-state index contributed by atoms with van der Waals surface area (Å²) < 4.78 is 118. The van der Waals surface area contributed by atoms with Crippen molar-refractivity contribution in [2.75, 3.05) is 0 Å². The molecule has 174 valence electrons. The molecule has 0 amide bonds. The lowest BCUT2D eigenvalue weighted by molar-refractivity contribution is 0.430. The van der Waals surface area contributed by atoms with Gasteiger partial charge in [0.25, 0.3) is 0 Å². The van der Waals surface area contributed by atoms with Crippen LogP contribution in [0.4, 0.5) is 35.1 Å². The minimum atomic E-state index is -2.19. The van der Waals surface area contributed by atoms with Gasteiger partial charge in [-0.15, -0.1) is 0 Å². The number of pyridine rings is 2. The Bertz CT molecular complexity index is 1210. The zero-order valence-corrected chi connectivity index (χ0v) is 17.0. The molecule has 0 fully saturated rings. The van der Waals surface area contributed by atoms with E-state index in [4.69, 9.17) is 0 Å². The zero-order valence-electron chi connectivity index (χ0n) is 17.0. The van der Waals surface area contributed by atoms with Crippen LogP contribution in [0.1, 0.15) is 22.3 Å². The van der Waals surface area contributed by atoms with Gasteiger partial charge in [0.15, 0.2) is 46.5 Å². The van der Waals surface area contributed by atoms with Gasteiger partial charge in [-0.25, -0.2) is 35.1 Å². The molecule has 0 unspecified atom stereocenters. The molecular formula is C24H12F8N2. The molecule has 10 heteroatoms. The molecule has 34 heavy (non-hydrogen) atoms. The molecule has 2 heterocycles. The van der Waals surface area contributed by atoms with Crippen LogP contribution in [0.3, 0.4) is 0 Å². The second-order valence-electron chi connectivity index (χ2n) is 7.28. The molecule has 2 nitrogen and oxygen atoms in total. The Balaban J connectivity index is 1.88. The molecule has 0 spiro atoms. The van der Waals surface area contributed by atoms with Crippen LogP contribution in [0.2, 0.25) is 0 Å². The van der Waals surface area contributed by atoms with Gasteiger partial charge in [0.1, 0.15) is 0 Å². The smallest absolute Gasteiger partial charge is 0.170 e. The van der Waals surface area contributed by atoms with Gasteiger partial charge in [-0.1, -0.05) is 0 Å². The summed E-state index contributed by atoms with van der Waals surface area (Å²) in [7, 11) is 0. The number of benzene rings is 2. The number of aromatic nitrogens is 2. The van der Waals surface area contributed by atoms with Crippen molar-refractivity contribution in [3.8, 4) is 11.1 Å². The maximum atomic E-state index is 14.8. The van der Waals surface area contributed by atoms with Crippen LogP contribution >= 0.6 is 0 Å². The van der Waals surface area contributed by atoms with Gasteiger partial charge in [0.05, 0.1) is 11.1 Å². The van der Waals surface area contributed by atoms with E-state index in [-0.39, 0.29) is 11.1 Å². The number of hydrogen-bond donors (Lipinski definition) is 0. The van der Waals surface area contributed by atoms with Crippen molar-refractivity contribution in [1.82, 2.24) is 9.97 Å². The molecule has 2 aromatic heterocycles. The summed E-state index contributed by atoms with van der Waals surface area (Å²) in [5, 5.41) is 0. The first kappa shape index (κ1) is 23.3. The Morgan fingerprint density at radius 3 is 0.941 bits per heavy atom. The maximum Gasteiger partial charge on any atom is 0.170 e. The first-order valence-corrected chi connectivity index (χ1v) is 9.70. The molecule has 0 radical (unpaired) electrons. The van der Waals surface area contributed by atoms with Gasteiger partial charge < -0.3 is 0 Å². The fraction of sp³-hybridized carbons (Fsp3) is 0.0833. The van der Waals surface area contributed by atoms with E-state index in [1.54, 1.807) is 0 Å². The molecule has 4 aromatic rings. The van der Waals surface area contributed by atoms with Crippen molar-refractivity contribution >= 4 is 0 Å². The molecule has 0 aliphatic carbocycles. The Morgan fingerprint density at radius 2 is 0.676 bits per heavy atom. The van der Waals surface area contributed by atoms with Gasteiger partial charge in [-0.2, -0.15) is 0 Å². The minimum Gasteiger partial charge on any atom is -0.265 e. The highest BCUT2D eigenvalue weighted by atomic mass is 19.2. The van der Waals surface area contributed by atoms with Crippen LogP contribution in [-0.4, -0.2) is 9.97 Å². The highest BCUT2D eigenvalue weighted by molar-refractivity contribution is 5.68. The van der Waals surface area contributed by atoms with Gasteiger partial charge >= 0.3 is 0 Å². The Kier molecular flexibility index (Phi) is 6.32. The summed E-state index contributed by atoms with van der Waals surface area (Å²) in [6.07, 6.45) is 3.86. The van der Waals surface area contributed by atoms with Crippen LogP contribution in [-0.2, 0) is 12.8 Å². The van der Waals surface area contributed by atoms with Crippen molar-refractivity contribution < 1.29 is 35.1 Å². The van der Waals surface area contributed by atoms with E-state index in [0.29, 0.717) is 0 Å². The van der Waals surface area contributed by atoms with Crippen LogP contribution in [0.15, 0.2) is 49.1 Å². The summed E-state index contributed by atoms with van der Waals surface area (Å²) in [4.78, 5) is 7.39. The summed E-state index contributed by atoms with van der Waals surface area (Å²) in [5.74, 6) is -16.6. The largest absolute Gasteiger partial charge is 0.265 e. The Labute approximate surface area is 187 Å². The lowest BCUT2D eigenvalue weighted by atomic mass is 9.94. The van der Waals surface area contributed by atoms with Gasteiger partial charge in [0.2, 0.25) is 0 Å². The number of nitrogens with zero attached hydrogens (tertiary/aromatic N) is 2. The van der Waals surface area contributed by atoms with Crippen LogP contribution < -0.4 is 0 Å². The molecule has 0 saturated heterocycles. The molecule has 0 saturated carbocycles. The first-order valence-electron chi connectivity index (χ1n) is 9.70. The fourth-order valence-electron chi connectivity index (χ4n) is 3.51. The average molecular weight is 480 g/mol. The number of halogens is 8. The fourth-order valence-corrected chi connectivity index (χ4v) is 3.51. The molecule has 0 aliphatic rings. The van der Waals surface area contributed by atoms with E-state index in [9.17, 15) is 35.1 Å². The van der Waals surface area contributed by atoms with Crippen LogP contribution in [0.5, 0.6) is 0 Å². The minimum absolute atomic E-state index is 0.231. The van der Waals surface area contributed by atoms with Crippen molar-refractivity contribution in [2.24, 2.45) is 0 Å². The molecule has 0 aliphatic heterocycles. The van der Waals surface area contributed by atoms with Gasteiger partial charge in [-0.3, -0.25) is 9.97 Å². The van der Waals surface area contributed by atoms with E-state index in [2.05, 4.69) is 9.97 Å². The standard InChI is InChI=1S/C24H12F8N2/c25-17-13(9-11-1-5-33-6-2-11)18(26)22(30)15(21(17)29)16-23(31)19(27)14(20(28)24(16)32)10-12-3-7-34-8-4-12/h1-8H,9-10H2. The second kappa shape index (κ2) is 9.20. The van der Waals surface area contributed by atoms with E-state index < -0.39 is 81.6 Å². The molecule has 0 N–H and O–H groups in total. The number of rotatable bonds is 5.